The summed E-state index contributed by atoms with van der Waals surface area (Å²) in [6, 6.07) is 7.92. The second-order valence-corrected chi connectivity index (χ2v) is 4.40. The molecule has 0 radical (unpaired) electrons. The molecule has 4 heteroatoms. The van der Waals surface area contributed by atoms with Crippen molar-refractivity contribution in [3.63, 3.8) is 0 Å². The fourth-order valence-corrected chi connectivity index (χ4v) is 2.09. The minimum Gasteiger partial charge on any atom is -0.493 e. The second-order valence-electron chi connectivity index (χ2n) is 4.40. The summed E-state index contributed by atoms with van der Waals surface area (Å²) in [7, 11) is 0. The molecule has 2 rings (SSSR count). The van der Waals surface area contributed by atoms with Crippen LogP contribution >= 0.6 is 0 Å². The summed E-state index contributed by atoms with van der Waals surface area (Å²) >= 11 is 0. The van der Waals surface area contributed by atoms with Gasteiger partial charge in [0.05, 0.1) is 6.61 Å². The molecule has 0 spiro atoms. The number of hydrogen-bond acceptors (Lipinski definition) is 3. The first kappa shape index (κ1) is 13.6. The van der Waals surface area contributed by atoms with E-state index in [1.165, 1.54) is 0 Å². The number of imidazole rings is 1. The molecule has 2 aromatic rings. The topological polar surface area (TPSA) is 53.1 Å². The van der Waals surface area contributed by atoms with Gasteiger partial charge in [-0.1, -0.05) is 25.1 Å². The molecule has 0 amide bonds. The van der Waals surface area contributed by atoms with Crippen LogP contribution in [0.15, 0.2) is 36.7 Å². The molecule has 2 N–H and O–H groups in total. The van der Waals surface area contributed by atoms with E-state index < -0.39 is 0 Å². The van der Waals surface area contributed by atoms with Gasteiger partial charge in [0, 0.05) is 37.5 Å². The van der Waals surface area contributed by atoms with Crippen LogP contribution in [0.1, 0.15) is 24.7 Å². The molecule has 0 fully saturated rings. The van der Waals surface area contributed by atoms with Crippen LogP contribution in [0.5, 0.6) is 5.75 Å². The Labute approximate surface area is 114 Å². The van der Waals surface area contributed by atoms with Crippen molar-refractivity contribution >= 4 is 0 Å². The van der Waals surface area contributed by atoms with Gasteiger partial charge < -0.3 is 15.0 Å². The monoisotopic (exact) mass is 259 g/mol. The highest BCUT2D eigenvalue weighted by Gasteiger charge is 2.02. The molecule has 0 bridgehead atoms. The largest absolute Gasteiger partial charge is 0.493 e. The first-order valence-corrected chi connectivity index (χ1v) is 6.76. The van der Waals surface area contributed by atoms with Gasteiger partial charge in [0.25, 0.3) is 0 Å². The molecule has 1 heterocycles. The minimum atomic E-state index is 0.512. The van der Waals surface area contributed by atoms with E-state index in [1.807, 2.05) is 36.7 Å². The van der Waals surface area contributed by atoms with Crippen LogP contribution in [-0.2, 0) is 19.5 Å². The Morgan fingerprint density at radius 3 is 2.95 bits per heavy atom. The standard InChI is InChI=1S/C15H21N3O/c1-2-15-17-8-10-18(15)9-5-11-19-14-7-4-3-6-13(14)12-16/h3-4,6-8,10H,2,5,9,11-12,16H2,1H3. The molecule has 4 nitrogen and oxygen atoms in total. The number of benzene rings is 1. The van der Waals surface area contributed by atoms with Crippen LogP contribution in [0.25, 0.3) is 0 Å². The van der Waals surface area contributed by atoms with E-state index in [4.69, 9.17) is 10.5 Å². The van der Waals surface area contributed by atoms with E-state index in [1.54, 1.807) is 0 Å². The van der Waals surface area contributed by atoms with E-state index in [2.05, 4.69) is 16.5 Å². The molecular formula is C15H21N3O. The number of aryl methyl sites for hydroxylation is 2. The Morgan fingerprint density at radius 1 is 1.32 bits per heavy atom. The summed E-state index contributed by atoms with van der Waals surface area (Å²) in [6.45, 7) is 4.26. The van der Waals surface area contributed by atoms with Crippen molar-refractivity contribution in [2.45, 2.75) is 32.9 Å². The molecule has 102 valence electrons. The van der Waals surface area contributed by atoms with Gasteiger partial charge >= 0.3 is 0 Å². The predicted molar refractivity (Wildman–Crippen MR) is 76.1 cm³/mol. The van der Waals surface area contributed by atoms with Crippen LogP contribution in [0.3, 0.4) is 0 Å². The van der Waals surface area contributed by atoms with Gasteiger partial charge in [-0.3, -0.25) is 0 Å². The summed E-state index contributed by atoms with van der Waals surface area (Å²) in [6.07, 6.45) is 5.79. The lowest BCUT2D eigenvalue weighted by molar-refractivity contribution is 0.298. The molecule has 0 saturated carbocycles. The van der Waals surface area contributed by atoms with Crippen molar-refractivity contribution in [3.8, 4) is 5.75 Å². The Balaban J connectivity index is 1.81. The van der Waals surface area contributed by atoms with Gasteiger partial charge in [0.1, 0.15) is 11.6 Å². The van der Waals surface area contributed by atoms with Crippen molar-refractivity contribution in [3.05, 3.63) is 48.0 Å². The fraction of sp³-hybridized carbons (Fsp3) is 0.400. The maximum Gasteiger partial charge on any atom is 0.123 e. The van der Waals surface area contributed by atoms with Crippen molar-refractivity contribution in [2.24, 2.45) is 5.73 Å². The molecule has 1 aromatic heterocycles. The van der Waals surface area contributed by atoms with Crippen LogP contribution in [0.4, 0.5) is 0 Å². The summed E-state index contributed by atoms with van der Waals surface area (Å²) in [5.41, 5.74) is 6.73. The molecule has 0 saturated heterocycles. The van der Waals surface area contributed by atoms with Crippen LogP contribution < -0.4 is 10.5 Å². The average molecular weight is 259 g/mol. The smallest absolute Gasteiger partial charge is 0.123 e. The normalized spacial score (nSPS) is 10.6. The van der Waals surface area contributed by atoms with E-state index in [-0.39, 0.29) is 0 Å². The molecular weight excluding hydrogens is 238 g/mol. The van der Waals surface area contributed by atoms with Gasteiger partial charge in [-0.2, -0.15) is 0 Å². The average Bonchev–Trinajstić information content (AvgIpc) is 2.91. The Hall–Kier alpha value is -1.81. The van der Waals surface area contributed by atoms with Crippen molar-refractivity contribution in [1.82, 2.24) is 9.55 Å². The quantitative estimate of drug-likeness (QED) is 0.777. The summed E-state index contributed by atoms with van der Waals surface area (Å²) in [5, 5.41) is 0. The molecule has 0 atom stereocenters. The van der Waals surface area contributed by atoms with E-state index in [0.29, 0.717) is 13.2 Å². The maximum absolute atomic E-state index is 5.79. The summed E-state index contributed by atoms with van der Waals surface area (Å²) < 4.78 is 7.96. The Kier molecular flexibility index (Phi) is 4.98. The van der Waals surface area contributed by atoms with Gasteiger partial charge in [0.2, 0.25) is 0 Å². The third kappa shape index (κ3) is 3.58. The Bertz CT molecular complexity index is 508. The van der Waals surface area contributed by atoms with Crippen molar-refractivity contribution in [2.75, 3.05) is 6.61 Å². The second kappa shape index (κ2) is 6.95. The van der Waals surface area contributed by atoms with Gasteiger partial charge in [-0.05, 0) is 12.5 Å². The molecule has 19 heavy (non-hydrogen) atoms. The first-order chi connectivity index (χ1) is 9.35. The van der Waals surface area contributed by atoms with Gasteiger partial charge in [0.15, 0.2) is 0 Å². The lowest BCUT2D eigenvalue weighted by Crippen LogP contribution is -2.08. The van der Waals surface area contributed by atoms with Gasteiger partial charge in [-0.25, -0.2) is 4.98 Å². The summed E-state index contributed by atoms with van der Waals surface area (Å²) in [5.74, 6) is 2.02. The summed E-state index contributed by atoms with van der Waals surface area (Å²) in [4.78, 5) is 4.30. The zero-order chi connectivity index (χ0) is 13.5. The highest BCUT2D eigenvalue weighted by Crippen LogP contribution is 2.17. The van der Waals surface area contributed by atoms with Crippen LogP contribution in [-0.4, -0.2) is 16.2 Å². The highest BCUT2D eigenvalue weighted by molar-refractivity contribution is 5.32. The minimum absolute atomic E-state index is 0.512. The lowest BCUT2D eigenvalue weighted by Gasteiger charge is -2.11. The van der Waals surface area contributed by atoms with Crippen LogP contribution in [0, 0.1) is 0 Å². The maximum atomic E-state index is 5.79. The Morgan fingerprint density at radius 2 is 2.16 bits per heavy atom. The number of nitrogens with two attached hydrogens (primary N) is 1. The number of ether oxygens (including phenoxy) is 1. The third-order valence-electron chi connectivity index (χ3n) is 3.11. The number of aromatic nitrogens is 2. The molecule has 0 aliphatic rings. The van der Waals surface area contributed by atoms with E-state index in [0.717, 1.165) is 36.5 Å². The SMILES string of the molecule is CCc1nccn1CCCOc1ccccc1CN. The number of nitrogens with zero attached hydrogens (tertiary/aromatic N) is 2. The number of para-hydroxylation sites is 1. The zero-order valence-corrected chi connectivity index (χ0v) is 11.4. The van der Waals surface area contributed by atoms with Gasteiger partial charge in [-0.15, -0.1) is 0 Å². The predicted octanol–water partition coefficient (Wildman–Crippen LogP) is 2.37. The number of rotatable bonds is 7. The van der Waals surface area contributed by atoms with E-state index >= 15 is 0 Å². The van der Waals surface area contributed by atoms with Crippen molar-refractivity contribution in [1.29, 1.82) is 0 Å². The lowest BCUT2D eigenvalue weighted by atomic mass is 10.2. The fourth-order valence-electron chi connectivity index (χ4n) is 2.09. The highest BCUT2D eigenvalue weighted by atomic mass is 16.5. The molecule has 1 aromatic carbocycles. The number of hydrogen-bond donors (Lipinski definition) is 1. The first-order valence-electron chi connectivity index (χ1n) is 6.76. The molecule has 0 unspecified atom stereocenters. The van der Waals surface area contributed by atoms with Crippen molar-refractivity contribution < 1.29 is 4.74 Å². The zero-order valence-electron chi connectivity index (χ0n) is 11.4. The molecule has 0 aliphatic carbocycles. The van der Waals surface area contributed by atoms with Crippen LogP contribution in [0.2, 0.25) is 0 Å². The molecule has 0 aliphatic heterocycles. The third-order valence-corrected chi connectivity index (χ3v) is 3.11. The van der Waals surface area contributed by atoms with E-state index in [9.17, 15) is 0 Å².